The van der Waals surface area contributed by atoms with E-state index in [1.807, 2.05) is 13.8 Å². The first kappa shape index (κ1) is 18.0. The molecule has 2 aromatic carbocycles. The molecule has 0 radical (unpaired) electrons. The van der Waals surface area contributed by atoms with Crippen LogP contribution in [0.1, 0.15) is 50.2 Å². The monoisotopic (exact) mass is 348 g/mol. The molecule has 0 aromatic heterocycles. The fraction of sp³-hybridized carbons (Fsp3) is 0.429. The Hall–Kier alpha value is -1.81. The van der Waals surface area contributed by atoms with E-state index < -0.39 is 17.5 Å². The smallest absolute Gasteiger partial charge is 0.167 e. The molecule has 2 aromatic rings. The van der Waals surface area contributed by atoms with Gasteiger partial charge in [-0.2, -0.15) is 0 Å². The van der Waals surface area contributed by atoms with Gasteiger partial charge >= 0.3 is 0 Å². The van der Waals surface area contributed by atoms with E-state index in [4.69, 9.17) is 4.74 Å². The van der Waals surface area contributed by atoms with E-state index in [1.165, 1.54) is 18.2 Å². The first-order valence-electron chi connectivity index (χ1n) is 8.89. The molecule has 25 heavy (non-hydrogen) atoms. The number of halogens is 3. The van der Waals surface area contributed by atoms with Crippen molar-refractivity contribution in [2.75, 3.05) is 6.61 Å². The van der Waals surface area contributed by atoms with Crippen LogP contribution in [0, 0.1) is 17.5 Å². The van der Waals surface area contributed by atoms with Crippen LogP contribution >= 0.6 is 0 Å². The van der Waals surface area contributed by atoms with Crippen molar-refractivity contribution >= 4 is 0 Å². The summed E-state index contributed by atoms with van der Waals surface area (Å²) in [5.41, 5.74) is 1.23. The summed E-state index contributed by atoms with van der Waals surface area (Å²) >= 11 is 0. The van der Waals surface area contributed by atoms with Crippen LogP contribution in [0.2, 0.25) is 0 Å². The summed E-state index contributed by atoms with van der Waals surface area (Å²) in [5.74, 6) is -2.56. The van der Waals surface area contributed by atoms with Crippen LogP contribution in [0.25, 0.3) is 11.1 Å². The lowest BCUT2D eigenvalue weighted by molar-refractivity contribution is 0.0147. The average Bonchev–Trinajstić information content (AvgIpc) is 2.59. The van der Waals surface area contributed by atoms with E-state index in [0.29, 0.717) is 12.2 Å². The van der Waals surface area contributed by atoms with Gasteiger partial charge < -0.3 is 4.74 Å². The van der Waals surface area contributed by atoms with Gasteiger partial charge in [0.15, 0.2) is 11.6 Å². The van der Waals surface area contributed by atoms with Crippen LogP contribution in [0.4, 0.5) is 13.2 Å². The van der Waals surface area contributed by atoms with Crippen LogP contribution < -0.4 is 0 Å². The molecular weight excluding hydrogens is 325 g/mol. The largest absolute Gasteiger partial charge is 0.378 e. The molecule has 2 atom stereocenters. The Labute approximate surface area is 146 Å². The van der Waals surface area contributed by atoms with Crippen molar-refractivity contribution in [3.63, 3.8) is 0 Å². The molecule has 1 saturated heterocycles. The zero-order chi connectivity index (χ0) is 18.0. The predicted molar refractivity (Wildman–Crippen MR) is 93.1 cm³/mol. The number of benzene rings is 2. The Balaban J connectivity index is 1.93. The Morgan fingerprint density at radius 2 is 1.76 bits per heavy atom. The summed E-state index contributed by atoms with van der Waals surface area (Å²) in [6.07, 6.45) is 3.39. The highest BCUT2D eigenvalue weighted by Gasteiger charge is 2.26. The van der Waals surface area contributed by atoms with Gasteiger partial charge in [-0.1, -0.05) is 37.6 Å². The summed E-state index contributed by atoms with van der Waals surface area (Å²) in [4.78, 5) is 0. The number of ether oxygens (including phenoxy) is 1. The quantitative estimate of drug-likeness (QED) is 0.658. The van der Waals surface area contributed by atoms with Gasteiger partial charge in [0.25, 0.3) is 0 Å². The SMILES string of the molecule is CCCc1ccc(-c2ccc(C3CCC(C)OC3)c(F)c2F)c(F)c1. The zero-order valence-electron chi connectivity index (χ0n) is 14.6. The number of aryl methyl sites for hydroxylation is 1. The highest BCUT2D eigenvalue weighted by molar-refractivity contribution is 5.66. The summed E-state index contributed by atoms with van der Waals surface area (Å²) in [6, 6.07) is 7.74. The fourth-order valence-electron chi connectivity index (χ4n) is 3.44. The summed E-state index contributed by atoms with van der Waals surface area (Å²) in [6.45, 7) is 4.37. The first-order valence-corrected chi connectivity index (χ1v) is 8.89. The Bertz CT molecular complexity index is 749. The molecule has 0 N–H and O–H groups in total. The molecule has 3 rings (SSSR count). The highest BCUT2D eigenvalue weighted by Crippen LogP contribution is 2.35. The predicted octanol–water partition coefficient (Wildman–Crippen LogP) is 6.01. The Morgan fingerprint density at radius 3 is 2.40 bits per heavy atom. The van der Waals surface area contributed by atoms with Gasteiger partial charge in [0.1, 0.15) is 5.82 Å². The van der Waals surface area contributed by atoms with Crippen LogP contribution in [0.5, 0.6) is 0 Å². The molecule has 2 unspecified atom stereocenters. The average molecular weight is 348 g/mol. The lowest BCUT2D eigenvalue weighted by Crippen LogP contribution is -2.23. The third-order valence-corrected chi connectivity index (χ3v) is 4.92. The maximum atomic E-state index is 14.6. The molecule has 0 amide bonds. The van der Waals surface area contributed by atoms with Crippen LogP contribution in [0.15, 0.2) is 30.3 Å². The number of hydrogen-bond donors (Lipinski definition) is 0. The van der Waals surface area contributed by atoms with Gasteiger partial charge in [0.2, 0.25) is 0 Å². The standard InChI is InChI=1S/C21H23F3O/c1-3-4-14-6-8-17(19(22)11-14)18-10-9-16(20(23)21(18)24)15-7-5-13(2)25-12-15/h6,8-11,13,15H,3-5,7,12H2,1-2H3. The molecule has 1 nitrogen and oxygen atoms in total. The molecule has 134 valence electrons. The van der Waals surface area contributed by atoms with E-state index in [2.05, 4.69) is 0 Å². The van der Waals surface area contributed by atoms with E-state index >= 15 is 0 Å². The van der Waals surface area contributed by atoms with Crippen molar-refractivity contribution < 1.29 is 17.9 Å². The van der Waals surface area contributed by atoms with Gasteiger partial charge in [-0.3, -0.25) is 0 Å². The van der Waals surface area contributed by atoms with Crippen molar-refractivity contribution in [1.82, 2.24) is 0 Å². The van der Waals surface area contributed by atoms with Gasteiger partial charge in [0.05, 0.1) is 12.7 Å². The zero-order valence-corrected chi connectivity index (χ0v) is 14.6. The number of hydrogen-bond acceptors (Lipinski definition) is 1. The second-order valence-electron chi connectivity index (χ2n) is 6.81. The molecule has 1 heterocycles. The van der Waals surface area contributed by atoms with E-state index in [-0.39, 0.29) is 23.1 Å². The molecule has 1 aliphatic rings. The minimum atomic E-state index is -0.988. The Kier molecular flexibility index (Phi) is 5.48. The second kappa shape index (κ2) is 7.61. The molecule has 1 fully saturated rings. The molecule has 0 bridgehead atoms. The van der Waals surface area contributed by atoms with Gasteiger partial charge in [-0.15, -0.1) is 0 Å². The van der Waals surface area contributed by atoms with Crippen molar-refractivity contribution in [1.29, 1.82) is 0 Å². The minimum absolute atomic E-state index is 0.0353. The van der Waals surface area contributed by atoms with Crippen LogP contribution in [0.3, 0.4) is 0 Å². The summed E-state index contributed by atoms with van der Waals surface area (Å²) in [5, 5.41) is 0. The normalized spacial score (nSPS) is 20.7. The highest BCUT2D eigenvalue weighted by atomic mass is 19.2. The van der Waals surface area contributed by atoms with Crippen LogP contribution in [-0.2, 0) is 11.2 Å². The molecule has 4 heteroatoms. The van der Waals surface area contributed by atoms with Crippen molar-refractivity contribution in [3.8, 4) is 11.1 Å². The molecule has 1 aliphatic heterocycles. The lowest BCUT2D eigenvalue weighted by atomic mass is 9.89. The molecule has 0 aliphatic carbocycles. The topological polar surface area (TPSA) is 9.23 Å². The van der Waals surface area contributed by atoms with E-state index in [1.54, 1.807) is 12.1 Å². The third kappa shape index (κ3) is 3.74. The fourth-order valence-corrected chi connectivity index (χ4v) is 3.44. The number of rotatable bonds is 4. The molecular formula is C21H23F3O. The van der Waals surface area contributed by atoms with Crippen LogP contribution in [-0.4, -0.2) is 12.7 Å². The Morgan fingerprint density at radius 1 is 1.00 bits per heavy atom. The van der Waals surface area contributed by atoms with E-state index in [9.17, 15) is 13.2 Å². The maximum Gasteiger partial charge on any atom is 0.167 e. The van der Waals surface area contributed by atoms with Gasteiger partial charge in [0, 0.05) is 17.0 Å². The van der Waals surface area contributed by atoms with Gasteiger partial charge in [-0.05, 0) is 43.4 Å². The van der Waals surface area contributed by atoms with Gasteiger partial charge in [-0.25, -0.2) is 13.2 Å². The molecule has 0 saturated carbocycles. The second-order valence-corrected chi connectivity index (χ2v) is 6.81. The van der Waals surface area contributed by atoms with Crippen molar-refractivity contribution in [3.05, 3.63) is 58.9 Å². The molecule has 0 spiro atoms. The van der Waals surface area contributed by atoms with Crippen molar-refractivity contribution in [2.24, 2.45) is 0 Å². The minimum Gasteiger partial charge on any atom is -0.378 e. The summed E-state index contributed by atoms with van der Waals surface area (Å²) in [7, 11) is 0. The van der Waals surface area contributed by atoms with Crippen molar-refractivity contribution in [2.45, 2.75) is 51.6 Å². The maximum absolute atomic E-state index is 14.6. The first-order chi connectivity index (χ1) is 12.0. The third-order valence-electron chi connectivity index (χ3n) is 4.92. The summed E-state index contributed by atoms with van der Waals surface area (Å²) < 4.78 is 49.2. The lowest BCUT2D eigenvalue weighted by Gasteiger charge is -2.27. The van der Waals surface area contributed by atoms with E-state index in [0.717, 1.165) is 31.2 Å².